The quantitative estimate of drug-likeness (QED) is 0.626. The Labute approximate surface area is 76.0 Å². The molecule has 76 valence electrons. The van der Waals surface area contributed by atoms with Crippen molar-refractivity contribution in [2.75, 3.05) is 6.61 Å². The summed E-state index contributed by atoms with van der Waals surface area (Å²) in [7, 11) is 0. The molecule has 1 aliphatic rings. The van der Waals surface area contributed by atoms with Crippen LogP contribution >= 0.6 is 0 Å². The van der Waals surface area contributed by atoms with Crippen LogP contribution in [0.25, 0.3) is 0 Å². The first-order chi connectivity index (χ1) is 5.77. The molecular weight excluding hydrogens is 178 g/mol. The molecule has 0 bridgehead atoms. The van der Waals surface area contributed by atoms with Crippen molar-refractivity contribution in [1.29, 1.82) is 0 Å². The number of alkyl halides is 2. The number of hydrogen-bond donors (Lipinski definition) is 1. The second-order valence-corrected chi connectivity index (χ2v) is 3.72. The molecule has 2 N–H and O–H groups in total. The Morgan fingerprint density at radius 3 is 2.62 bits per heavy atom. The Balaban J connectivity index is 3.01. The molecule has 1 atom stereocenters. The number of nitrogens with two attached hydrogens (primary N) is 1. The lowest BCUT2D eigenvalue weighted by Crippen LogP contribution is -2.50. The van der Waals surface area contributed by atoms with E-state index in [1.807, 2.05) is 0 Å². The third-order valence-electron chi connectivity index (χ3n) is 2.27. The summed E-state index contributed by atoms with van der Waals surface area (Å²) in [5.41, 5.74) is 3.84. The maximum absolute atomic E-state index is 13.5. The molecule has 0 spiro atoms. The molecule has 3 nitrogen and oxygen atoms in total. The molecule has 0 aliphatic carbocycles. The van der Waals surface area contributed by atoms with Crippen LogP contribution in [0.2, 0.25) is 0 Å². The van der Waals surface area contributed by atoms with E-state index >= 15 is 0 Å². The SMILES string of the molecule is CC1N=C(N)COC(C)(C)C1(F)F. The largest absolute Gasteiger partial charge is 0.386 e. The molecule has 1 heterocycles. The smallest absolute Gasteiger partial charge is 0.297 e. The minimum Gasteiger partial charge on any atom is -0.386 e. The fraction of sp³-hybridized carbons (Fsp3) is 0.875. The zero-order valence-electron chi connectivity index (χ0n) is 7.97. The van der Waals surface area contributed by atoms with Gasteiger partial charge in [0.2, 0.25) is 0 Å². The van der Waals surface area contributed by atoms with Gasteiger partial charge in [0.05, 0.1) is 0 Å². The van der Waals surface area contributed by atoms with Crippen molar-refractivity contribution in [2.45, 2.75) is 38.3 Å². The minimum absolute atomic E-state index is 0.0348. The number of ether oxygens (including phenoxy) is 1. The second-order valence-electron chi connectivity index (χ2n) is 3.72. The van der Waals surface area contributed by atoms with Gasteiger partial charge in [-0.05, 0) is 20.8 Å². The summed E-state index contributed by atoms with van der Waals surface area (Å²) in [5, 5.41) is 0. The predicted molar refractivity (Wildman–Crippen MR) is 46.1 cm³/mol. The average molecular weight is 192 g/mol. The highest BCUT2D eigenvalue weighted by molar-refractivity contribution is 5.82. The van der Waals surface area contributed by atoms with Gasteiger partial charge in [0.1, 0.15) is 24.1 Å². The van der Waals surface area contributed by atoms with Crippen LogP contribution in [0.4, 0.5) is 8.78 Å². The lowest BCUT2D eigenvalue weighted by Gasteiger charge is -2.33. The minimum atomic E-state index is -2.99. The number of amidine groups is 1. The molecule has 1 rings (SSSR count). The molecule has 1 aliphatic heterocycles. The van der Waals surface area contributed by atoms with Crippen molar-refractivity contribution in [2.24, 2.45) is 10.7 Å². The van der Waals surface area contributed by atoms with Crippen LogP contribution in [0, 0.1) is 0 Å². The molecule has 0 amide bonds. The summed E-state index contributed by atoms with van der Waals surface area (Å²) in [5.74, 6) is -2.87. The van der Waals surface area contributed by atoms with Crippen LogP contribution in [0.3, 0.4) is 0 Å². The number of hydrogen-bond acceptors (Lipinski definition) is 3. The molecule has 0 fully saturated rings. The van der Waals surface area contributed by atoms with E-state index in [4.69, 9.17) is 10.5 Å². The van der Waals surface area contributed by atoms with Gasteiger partial charge in [-0.3, -0.25) is 4.99 Å². The first-order valence-electron chi connectivity index (χ1n) is 4.11. The van der Waals surface area contributed by atoms with Crippen molar-refractivity contribution in [3.63, 3.8) is 0 Å². The summed E-state index contributed by atoms with van der Waals surface area (Å²) >= 11 is 0. The Morgan fingerprint density at radius 2 is 2.08 bits per heavy atom. The van der Waals surface area contributed by atoms with E-state index in [2.05, 4.69) is 4.99 Å². The highest BCUT2D eigenvalue weighted by Crippen LogP contribution is 2.37. The number of nitrogens with zero attached hydrogens (tertiary/aromatic N) is 1. The van der Waals surface area contributed by atoms with Gasteiger partial charge in [-0.15, -0.1) is 0 Å². The first-order valence-corrected chi connectivity index (χ1v) is 4.11. The summed E-state index contributed by atoms with van der Waals surface area (Å²) in [4.78, 5) is 3.64. The number of rotatable bonds is 0. The summed E-state index contributed by atoms with van der Waals surface area (Å²) in [6.07, 6.45) is 0. The normalized spacial score (nSPS) is 32.1. The van der Waals surface area contributed by atoms with Crippen molar-refractivity contribution < 1.29 is 13.5 Å². The molecule has 0 saturated carbocycles. The zero-order chi connectivity index (χ0) is 10.3. The van der Waals surface area contributed by atoms with Gasteiger partial charge in [-0.2, -0.15) is 0 Å². The van der Waals surface area contributed by atoms with Crippen LogP contribution in [0.5, 0.6) is 0 Å². The molecule has 0 saturated heterocycles. The number of aliphatic imine (C=N–C) groups is 1. The van der Waals surface area contributed by atoms with Crippen molar-refractivity contribution in [3.8, 4) is 0 Å². The zero-order valence-corrected chi connectivity index (χ0v) is 7.97. The summed E-state index contributed by atoms with van der Waals surface area (Å²) in [6, 6.07) is -1.13. The Hall–Kier alpha value is -0.710. The fourth-order valence-electron chi connectivity index (χ4n) is 1.22. The van der Waals surface area contributed by atoms with Crippen LogP contribution in [0.15, 0.2) is 4.99 Å². The molecule has 0 aromatic rings. The predicted octanol–water partition coefficient (Wildman–Crippen LogP) is 1.18. The van der Waals surface area contributed by atoms with Gasteiger partial charge >= 0.3 is 0 Å². The number of halogens is 2. The van der Waals surface area contributed by atoms with Gasteiger partial charge in [0.25, 0.3) is 5.92 Å². The van der Waals surface area contributed by atoms with Gasteiger partial charge < -0.3 is 10.5 Å². The summed E-state index contributed by atoms with van der Waals surface area (Å²) in [6.45, 7) is 3.99. The molecule has 5 heteroatoms. The maximum Gasteiger partial charge on any atom is 0.297 e. The lowest BCUT2D eigenvalue weighted by atomic mass is 9.95. The molecular formula is C8H14F2N2O. The Kier molecular flexibility index (Phi) is 2.32. The van der Waals surface area contributed by atoms with E-state index in [1.54, 1.807) is 0 Å². The first kappa shape index (κ1) is 10.4. The van der Waals surface area contributed by atoms with E-state index in [0.29, 0.717) is 0 Å². The third-order valence-corrected chi connectivity index (χ3v) is 2.27. The topological polar surface area (TPSA) is 47.6 Å². The maximum atomic E-state index is 13.5. The van der Waals surface area contributed by atoms with Gasteiger partial charge in [0, 0.05) is 0 Å². The van der Waals surface area contributed by atoms with Crippen LogP contribution in [-0.2, 0) is 4.74 Å². The summed E-state index contributed by atoms with van der Waals surface area (Å²) < 4.78 is 32.0. The Morgan fingerprint density at radius 1 is 1.54 bits per heavy atom. The van der Waals surface area contributed by atoms with E-state index in [1.165, 1.54) is 20.8 Å². The van der Waals surface area contributed by atoms with Gasteiger partial charge in [-0.25, -0.2) is 8.78 Å². The van der Waals surface area contributed by atoms with Crippen molar-refractivity contribution >= 4 is 5.84 Å². The second kappa shape index (κ2) is 2.90. The monoisotopic (exact) mass is 192 g/mol. The van der Waals surface area contributed by atoms with E-state index < -0.39 is 17.6 Å². The standard InChI is InChI=1S/C8H14F2N2O/c1-5-8(9,10)7(2,3)13-4-6(11)12-5/h5H,4H2,1-3H3,(H2,11,12). The van der Waals surface area contributed by atoms with Gasteiger partial charge in [0.15, 0.2) is 0 Å². The molecule has 1 unspecified atom stereocenters. The van der Waals surface area contributed by atoms with E-state index in [0.717, 1.165) is 0 Å². The van der Waals surface area contributed by atoms with Crippen molar-refractivity contribution in [3.05, 3.63) is 0 Å². The average Bonchev–Trinajstić information content (AvgIpc) is 2.04. The van der Waals surface area contributed by atoms with Crippen LogP contribution in [-0.4, -0.2) is 30.0 Å². The third kappa shape index (κ3) is 1.65. The van der Waals surface area contributed by atoms with Gasteiger partial charge in [-0.1, -0.05) is 0 Å². The highest BCUT2D eigenvalue weighted by atomic mass is 19.3. The van der Waals surface area contributed by atoms with Crippen molar-refractivity contribution in [1.82, 2.24) is 0 Å². The highest BCUT2D eigenvalue weighted by Gasteiger charge is 2.53. The van der Waals surface area contributed by atoms with E-state index in [-0.39, 0.29) is 12.4 Å². The van der Waals surface area contributed by atoms with Crippen LogP contribution < -0.4 is 5.73 Å². The fourth-order valence-corrected chi connectivity index (χ4v) is 1.22. The van der Waals surface area contributed by atoms with E-state index in [9.17, 15) is 8.78 Å². The lowest BCUT2D eigenvalue weighted by molar-refractivity contribution is -0.187. The molecule has 0 aromatic carbocycles. The molecule has 0 radical (unpaired) electrons. The molecule has 0 aromatic heterocycles. The molecule has 13 heavy (non-hydrogen) atoms. The van der Waals surface area contributed by atoms with Crippen LogP contribution in [0.1, 0.15) is 20.8 Å². The Bertz CT molecular complexity index is 238.